The fourth-order valence-corrected chi connectivity index (χ4v) is 2.08. The average molecular weight is 352 g/mol. The second kappa shape index (κ2) is 8.93. The molecule has 0 radical (unpaired) electrons. The van der Waals surface area contributed by atoms with Crippen LogP contribution in [-0.2, 0) is 11.3 Å². The van der Waals surface area contributed by atoms with Gasteiger partial charge in [-0.05, 0) is 37.1 Å². The van der Waals surface area contributed by atoms with E-state index in [2.05, 4.69) is 10.3 Å². The number of hydrogen-bond donors (Lipinski definition) is 2. The van der Waals surface area contributed by atoms with Gasteiger partial charge in [0.2, 0.25) is 5.91 Å². The molecule has 2 rings (SSSR count). The van der Waals surface area contributed by atoms with Crippen LogP contribution in [0.4, 0.5) is 0 Å². The number of aromatic nitrogens is 2. The van der Waals surface area contributed by atoms with Crippen molar-refractivity contribution < 1.29 is 9.53 Å². The number of rotatable bonds is 8. The van der Waals surface area contributed by atoms with Crippen molar-refractivity contribution in [2.75, 3.05) is 13.2 Å². The molecule has 0 aliphatic heterocycles. The number of nitrogens with one attached hydrogen (secondary N) is 2. The standard InChI is InChI=1S/C16H18ClN3O4/c17-12-3-5-13(6-4-12)24-10-2-1-8-18-15(22)11-20-9-7-14(21)19-16(20)23/h3-7,9H,1-2,8,10-11H2,(H,18,22)(H,19,21,23). The van der Waals surface area contributed by atoms with Gasteiger partial charge in [-0.15, -0.1) is 0 Å². The molecule has 7 nitrogen and oxygen atoms in total. The van der Waals surface area contributed by atoms with Crippen molar-refractivity contribution in [2.45, 2.75) is 19.4 Å². The molecule has 1 amide bonds. The van der Waals surface area contributed by atoms with E-state index in [0.717, 1.165) is 23.2 Å². The molecule has 0 bridgehead atoms. The van der Waals surface area contributed by atoms with Crippen molar-refractivity contribution in [3.63, 3.8) is 0 Å². The number of aromatic amines is 1. The highest BCUT2D eigenvalue weighted by Crippen LogP contribution is 2.15. The Morgan fingerprint density at radius 3 is 2.62 bits per heavy atom. The van der Waals surface area contributed by atoms with Gasteiger partial charge < -0.3 is 10.1 Å². The lowest BCUT2D eigenvalue weighted by molar-refractivity contribution is -0.121. The van der Waals surface area contributed by atoms with Crippen molar-refractivity contribution >= 4 is 17.5 Å². The number of H-pyrrole nitrogens is 1. The Bertz CT molecular complexity index is 783. The summed E-state index contributed by atoms with van der Waals surface area (Å²) in [6, 6.07) is 8.31. The van der Waals surface area contributed by atoms with E-state index in [1.165, 1.54) is 12.3 Å². The highest BCUT2D eigenvalue weighted by Gasteiger charge is 2.04. The van der Waals surface area contributed by atoms with Gasteiger partial charge in [0.25, 0.3) is 5.56 Å². The van der Waals surface area contributed by atoms with Crippen LogP contribution in [0.15, 0.2) is 46.1 Å². The van der Waals surface area contributed by atoms with Crippen LogP contribution in [0.5, 0.6) is 5.75 Å². The predicted octanol–water partition coefficient (Wildman–Crippen LogP) is 1.17. The van der Waals surface area contributed by atoms with Gasteiger partial charge >= 0.3 is 5.69 Å². The van der Waals surface area contributed by atoms with Crippen LogP contribution >= 0.6 is 11.6 Å². The van der Waals surface area contributed by atoms with Gasteiger partial charge in [0.15, 0.2) is 0 Å². The monoisotopic (exact) mass is 351 g/mol. The predicted molar refractivity (Wildman–Crippen MR) is 90.5 cm³/mol. The molecule has 0 saturated heterocycles. The van der Waals surface area contributed by atoms with Gasteiger partial charge in [-0.2, -0.15) is 0 Å². The van der Waals surface area contributed by atoms with E-state index < -0.39 is 11.2 Å². The number of unbranched alkanes of at least 4 members (excludes halogenated alkanes) is 1. The third kappa shape index (κ3) is 5.92. The first-order chi connectivity index (χ1) is 11.5. The molecule has 0 atom stereocenters. The van der Waals surface area contributed by atoms with E-state index in [4.69, 9.17) is 16.3 Å². The number of carbonyl (C=O) groups excluding carboxylic acids is 1. The van der Waals surface area contributed by atoms with Crippen molar-refractivity contribution in [1.29, 1.82) is 0 Å². The summed E-state index contributed by atoms with van der Waals surface area (Å²) >= 11 is 5.78. The Balaban J connectivity index is 1.61. The highest BCUT2D eigenvalue weighted by atomic mass is 35.5. The summed E-state index contributed by atoms with van der Waals surface area (Å²) in [5.41, 5.74) is -1.09. The molecule has 0 saturated carbocycles. The van der Waals surface area contributed by atoms with Crippen molar-refractivity contribution in [1.82, 2.24) is 14.9 Å². The maximum Gasteiger partial charge on any atom is 0.328 e. The second-order valence-corrected chi connectivity index (χ2v) is 5.53. The molecule has 0 aliphatic carbocycles. The van der Waals surface area contributed by atoms with Crippen LogP contribution in [0, 0.1) is 0 Å². The normalized spacial score (nSPS) is 10.4. The van der Waals surface area contributed by atoms with Crippen molar-refractivity contribution in [2.24, 2.45) is 0 Å². The van der Waals surface area contributed by atoms with Crippen LogP contribution in [-0.4, -0.2) is 28.6 Å². The Hall–Kier alpha value is -2.54. The molecule has 0 unspecified atom stereocenters. The maximum atomic E-state index is 11.7. The van der Waals surface area contributed by atoms with Crippen molar-refractivity contribution in [3.8, 4) is 5.75 Å². The van der Waals surface area contributed by atoms with E-state index in [1.54, 1.807) is 24.3 Å². The lowest BCUT2D eigenvalue weighted by Crippen LogP contribution is -2.35. The van der Waals surface area contributed by atoms with Gasteiger partial charge in [0, 0.05) is 23.8 Å². The van der Waals surface area contributed by atoms with E-state index in [9.17, 15) is 14.4 Å². The first-order valence-electron chi connectivity index (χ1n) is 7.49. The summed E-state index contributed by atoms with van der Waals surface area (Å²) in [5, 5.41) is 3.37. The van der Waals surface area contributed by atoms with Gasteiger partial charge in [-0.25, -0.2) is 4.79 Å². The summed E-state index contributed by atoms with van der Waals surface area (Å²) in [7, 11) is 0. The minimum absolute atomic E-state index is 0.128. The zero-order chi connectivity index (χ0) is 17.4. The molecule has 2 aromatic rings. The molecule has 2 N–H and O–H groups in total. The van der Waals surface area contributed by atoms with Crippen LogP contribution in [0.25, 0.3) is 0 Å². The van der Waals surface area contributed by atoms with Crippen molar-refractivity contribution in [3.05, 3.63) is 62.4 Å². The zero-order valence-corrected chi connectivity index (χ0v) is 13.7. The summed E-state index contributed by atoms with van der Waals surface area (Å²) in [6.07, 6.45) is 2.82. The first-order valence-corrected chi connectivity index (χ1v) is 7.87. The van der Waals surface area contributed by atoms with Crippen LogP contribution in [0.2, 0.25) is 5.02 Å². The molecule has 0 spiro atoms. The topological polar surface area (TPSA) is 93.2 Å². The van der Waals surface area contributed by atoms with Gasteiger partial charge in [-0.1, -0.05) is 11.6 Å². The molecule has 1 heterocycles. The number of halogens is 1. The SMILES string of the molecule is O=C(Cn1ccc(=O)[nH]c1=O)NCCCCOc1ccc(Cl)cc1. The average Bonchev–Trinajstić information content (AvgIpc) is 2.55. The van der Waals surface area contributed by atoms with E-state index in [0.29, 0.717) is 18.2 Å². The van der Waals surface area contributed by atoms with Crippen LogP contribution in [0.3, 0.4) is 0 Å². The van der Waals surface area contributed by atoms with Gasteiger partial charge in [-0.3, -0.25) is 19.1 Å². The molecular weight excluding hydrogens is 334 g/mol. The summed E-state index contributed by atoms with van der Waals surface area (Å²) in [4.78, 5) is 36.2. The van der Waals surface area contributed by atoms with Gasteiger partial charge in [0.1, 0.15) is 12.3 Å². The number of ether oxygens (including phenoxy) is 1. The summed E-state index contributed by atoms with van der Waals surface area (Å²) in [5.74, 6) is 0.462. The second-order valence-electron chi connectivity index (χ2n) is 5.10. The lowest BCUT2D eigenvalue weighted by atomic mass is 10.3. The third-order valence-corrected chi connectivity index (χ3v) is 3.44. The number of hydrogen-bond acceptors (Lipinski definition) is 4. The Labute approximate surface area is 143 Å². The number of carbonyl (C=O) groups is 1. The minimum atomic E-state index is -0.603. The Kier molecular flexibility index (Phi) is 6.62. The molecule has 0 aliphatic rings. The maximum absolute atomic E-state index is 11.7. The largest absolute Gasteiger partial charge is 0.494 e. The Morgan fingerprint density at radius 1 is 1.17 bits per heavy atom. The quantitative estimate of drug-likeness (QED) is 0.698. The molecule has 128 valence electrons. The fourth-order valence-electron chi connectivity index (χ4n) is 1.96. The van der Waals surface area contributed by atoms with E-state index in [-0.39, 0.29) is 12.5 Å². The van der Waals surface area contributed by atoms with Gasteiger partial charge in [0.05, 0.1) is 6.61 Å². The van der Waals surface area contributed by atoms with E-state index >= 15 is 0 Å². The van der Waals surface area contributed by atoms with E-state index in [1.807, 2.05) is 0 Å². The highest BCUT2D eigenvalue weighted by molar-refractivity contribution is 6.30. The third-order valence-electron chi connectivity index (χ3n) is 3.19. The smallest absolute Gasteiger partial charge is 0.328 e. The molecule has 1 aromatic heterocycles. The number of nitrogens with zero attached hydrogens (tertiary/aromatic N) is 1. The Morgan fingerprint density at radius 2 is 1.92 bits per heavy atom. The molecule has 8 heteroatoms. The lowest BCUT2D eigenvalue weighted by Gasteiger charge is -2.08. The summed E-state index contributed by atoms with van der Waals surface area (Å²) in [6.45, 7) is 0.898. The summed E-state index contributed by atoms with van der Waals surface area (Å²) < 4.78 is 6.68. The molecule has 24 heavy (non-hydrogen) atoms. The first kappa shape index (κ1) is 17.8. The molecule has 1 aromatic carbocycles. The van der Waals surface area contributed by atoms with Crippen LogP contribution in [0.1, 0.15) is 12.8 Å². The minimum Gasteiger partial charge on any atom is -0.494 e. The number of benzene rings is 1. The fraction of sp³-hybridized carbons (Fsp3) is 0.312. The molecule has 0 fully saturated rings. The van der Waals surface area contributed by atoms with Crippen LogP contribution < -0.4 is 21.3 Å². The number of amides is 1. The molecular formula is C16H18ClN3O4. The zero-order valence-electron chi connectivity index (χ0n) is 13.0.